The van der Waals surface area contributed by atoms with Crippen molar-refractivity contribution in [2.24, 2.45) is 5.92 Å². The Morgan fingerprint density at radius 1 is 1.31 bits per heavy atom. The molecule has 0 spiro atoms. The van der Waals surface area contributed by atoms with Crippen molar-refractivity contribution >= 4 is 6.29 Å². The normalized spacial score (nSPS) is 18.9. The molecule has 3 heteroatoms. The Bertz CT molecular complexity index is 229. The zero-order chi connectivity index (χ0) is 11.6. The molecule has 1 aliphatic rings. The molecule has 3 nitrogen and oxygen atoms in total. The minimum absolute atomic E-state index is 0.422. The van der Waals surface area contributed by atoms with Crippen LogP contribution >= 0.6 is 0 Å². The Kier molecular flexibility index (Phi) is 6.83. The van der Waals surface area contributed by atoms with E-state index in [1.54, 1.807) is 0 Å². The number of unbranched alkanes of at least 4 members (excludes halogenated alkanes) is 1. The standard InChI is InChI=1S/C13H21NO2/c14-10-12(11-15)6-4-5-9-16-13-7-2-1-3-8-13/h11-13H,1-9H2. The Balaban J connectivity index is 1.95. The van der Waals surface area contributed by atoms with Gasteiger partial charge in [0.05, 0.1) is 12.2 Å². The van der Waals surface area contributed by atoms with Crippen LogP contribution in [-0.4, -0.2) is 19.0 Å². The highest BCUT2D eigenvalue weighted by molar-refractivity contribution is 5.57. The third kappa shape index (κ3) is 5.27. The average molecular weight is 223 g/mol. The minimum atomic E-state index is -0.422. The highest BCUT2D eigenvalue weighted by Gasteiger charge is 2.13. The Labute approximate surface area is 97.8 Å². The molecular formula is C13H21NO2. The smallest absolute Gasteiger partial charge is 0.137 e. The first kappa shape index (κ1) is 13.2. The van der Waals surface area contributed by atoms with Crippen LogP contribution in [0.5, 0.6) is 0 Å². The Hall–Kier alpha value is -0.880. The van der Waals surface area contributed by atoms with Crippen LogP contribution < -0.4 is 0 Å². The van der Waals surface area contributed by atoms with Gasteiger partial charge in [-0.3, -0.25) is 0 Å². The van der Waals surface area contributed by atoms with Crippen molar-refractivity contribution in [3.63, 3.8) is 0 Å². The quantitative estimate of drug-likeness (QED) is 0.492. The van der Waals surface area contributed by atoms with Gasteiger partial charge in [0.15, 0.2) is 0 Å². The molecule has 1 rings (SSSR count). The second-order valence-electron chi connectivity index (χ2n) is 4.50. The summed E-state index contributed by atoms with van der Waals surface area (Å²) in [5, 5.41) is 8.57. The van der Waals surface area contributed by atoms with E-state index in [1.807, 2.05) is 6.07 Å². The fraction of sp³-hybridized carbons (Fsp3) is 0.846. The minimum Gasteiger partial charge on any atom is -0.378 e. The number of hydrogen-bond acceptors (Lipinski definition) is 3. The number of nitriles is 1. The predicted molar refractivity (Wildman–Crippen MR) is 61.8 cm³/mol. The van der Waals surface area contributed by atoms with Gasteiger partial charge < -0.3 is 9.53 Å². The van der Waals surface area contributed by atoms with Crippen LogP contribution in [0.25, 0.3) is 0 Å². The first-order chi connectivity index (χ1) is 7.86. The van der Waals surface area contributed by atoms with Gasteiger partial charge in [-0.25, -0.2) is 0 Å². The van der Waals surface area contributed by atoms with Gasteiger partial charge in [-0.15, -0.1) is 0 Å². The summed E-state index contributed by atoms with van der Waals surface area (Å²) >= 11 is 0. The second-order valence-corrected chi connectivity index (χ2v) is 4.50. The maximum atomic E-state index is 10.4. The van der Waals surface area contributed by atoms with Gasteiger partial charge >= 0.3 is 0 Å². The summed E-state index contributed by atoms with van der Waals surface area (Å²) in [4.78, 5) is 10.4. The van der Waals surface area contributed by atoms with Crippen LogP contribution in [0.15, 0.2) is 0 Å². The molecule has 1 saturated carbocycles. The van der Waals surface area contributed by atoms with Crippen LogP contribution in [-0.2, 0) is 9.53 Å². The third-order valence-electron chi connectivity index (χ3n) is 3.15. The third-order valence-corrected chi connectivity index (χ3v) is 3.15. The van der Waals surface area contributed by atoms with Gasteiger partial charge in [0.1, 0.15) is 12.2 Å². The van der Waals surface area contributed by atoms with E-state index in [0.717, 1.165) is 25.7 Å². The fourth-order valence-corrected chi connectivity index (χ4v) is 2.11. The Morgan fingerprint density at radius 3 is 2.69 bits per heavy atom. The van der Waals surface area contributed by atoms with Gasteiger partial charge in [0.2, 0.25) is 0 Å². The lowest BCUT2D eigenvalue weighted by Crippen LogP contribution is -2.17. The van der Waals surface area contributed by atoms with Gasteiger partial charge in [0, 0.05) is 6.61 Å². The average Bonchev–Trinajstić information content (AvgIpc) is 2.35. The second kappa shape index (κ2) is 8.29. The van der Waals surface area contributed by atoms with Crippen molar-refractivity contribution in [1.82, 2.24) is 0 Å². The van der Waals surface area contributed by atoms with Crippen molar-refractivity contribution in [2.45, 2.75) is 57.5 Å². The van der Waals surface area contributed by atoms with E-state index in [2.05, 4.69) is 0 Å². The molecule has 1 aliphatic carbocycles. The number of carbonyl (C=O) groups is 1. The van der Waals surface area contributed by atoms with Gasteiger partial charge in [-0.05, 0) is 32.1 Å². The van der Waals surface area contributed by atoms with E-state index in [4.69, 9.17) is 10.00 Å². The number of ether oxygens (including phenoxy) is 1. The molecule has 0 radical (unpaired) electrons. The number of nitrogens with zero attached hydrogens (tertiary/aromatic N) is 1. The molecule has 90 valence electrons. The van der Waals surface area contributed by atoms with Crippen molar-refractivity contribution in [2.75, 3.05) is 6.61 Å². The summed E-state index contributed by atoms with van der Waals surface area (Å²) in [7, 11) is 0. The number of carbonyl (C=O) groups excluding carboxylic acids is 1. The van der Waals surface area contributed by atoms with Crippen LogP contribution in [0.1, 0.15) is 51.4 Å². The molecule has 16 heavy (non-hydrogen) atoms. The molecule has 0 aromatic heterocycles. The summed E-state index contributed by atoms with van der Waals surface area (Å²) in [6, 6.07) is 1.98. The monoisotopic (exact) mass is 223 g/mol. The lowest BCUT2D eigenvalue weighted by molar-refractivity contribution is -0.109. The molecule has 1 fully saturated rings. The van der Waals surface area contributed by atoms with E-state index < -0.39 is 5.92 Å². The van der Waals surface area contributed by atoms with Gasteiger partial charge in [0.25, 0.3) is 0 Å². The maximum absolute atomic E-state index is 10.4. The zero-order valence-corrected chi connectivity index (χ0v) is 9.86. The maximum Gasteiger partial charge on any atom is 0.137 e. The molecule has 0 aliphatic heterocycles. The summed E-state index contributed by atoms with van der Waals surface area (Å²) in [6.07, 6.45) is 10.1. The SMILES string of the molecule is N#CC(C=O)CCCCOC1CCCCC1. The zero-order valence-electron chi connectivity index (χ0n) is 9.86. The molecule has 0 N–H and O–H groups in total. The van der Waals surface area contributed by atoms with E-state index in [0.29, 0.717) is 12.5 Å². The van der Waals surface area contributed by atoms with Crippen molar-refractivity contribution < 1.29 is 9.53 Å². The van der Waals surface area contributed by atoms with Crippen molar-refractivity contribution in [3.05, 3.63) is 0 Å². The van der Waals surface area contributed by atoms with Gasteiger partial charge in [-0.1, -0.05) is 19.3 Å². The van der Waals surface area contributed by atoms with Gasteiger partial charge in [-0.2, -0.15) is 5.26 Å². The summed E-state index contributed by atoms with van der Waals surface area (Å²) in [5.74, 6) is -0.422. The Morgan fingerprint density at radius 2 is 2.06 bits per heavy atom. The lowest BCUT2D eigenvalue weighted by atomic mass is 9.98. The van der Waals surface area contributed by atoms with E-state index in [1.165, 1.54) is 32.1 Å². The van der Waals surface area contributed by atoms with E-state index >= 15 is 0 Å². The van der Waals surface area contributed by atoms with E-state index in [9.17, 15) is 4.79 Å². The number of rotatable bonds is 7. The summed E-state index contributed by atoms with van der Waals surface area (Å²) < 4.78 is 5.76. The number of aldehydes is 1. The molecule has 1 unspecified atom stereocenters. The van der Waals surface area contributed by atoms with Crippen LogP contribution in [0.2, 0.25) is 0 Å². The molecule has 1 atom stereocenters. The summed E-state index contributed by atoms with van der Waals surface area (Å²) in [5.41, 5.74) is 0. The molecule has 0 heterocycles. The molecule has 0 amide bonds. The van der Waals surface area contributed by atoms with E-state index in [-0.39, 0.29) is 0 Å². The molecule has 0 aromatic carbocycles. The predicted octanol–water partition coefficient (Wildman–Crippen LogP) is 2.84. The van der Waals surface area contributed by atoms with Crippen LogP contribution in [0.4, 0.5) is 0 Å². The fourth-order valence-electron chi connectivity index (χ4n) is 2.11. The largest absolute Gasteiger partial charge is 0.378 e. The lowest BCUT2D eigenvalue weighted by Gasteiger charge is -2.21. The van der Waals surface area contributed by atoms with Crippen LogP contribution in [0.3, 0.4) is 0 Å². The topological polar surface area (TPSA) is 50.1 Å². The van der Waals surface area contributed by atoms with Crippen LogP contribution in [0, 0.1) is 17.2 Å². The van der Waals surface area contributed by atoms with Crippen molar-refractivity contribution in [1.29, 1.82) is 5.26 Å². The highest BCUT2D eigenvalue weighted by Crippen LogP contribution is 2.20. The first-order valence-electron chi connectivity index (χ1n) is 6.33. The molecule has 0 aromatic rings. The molecule has 0 saturated heterocycles. The highest BCUT2D eigenvalue weighted by atomic mass is 16.5. The molecular weight excluding hydrogens is 202 g/mol. The first-order valence-corrected chi connectivity index (χ1v) is 6.33. The number of hydrogen-bond donors (Lipinski definition) is 0. The van der Waals surface area contributed by atoms with Crippen molar-refractivity contribution in [3.8, 4) is 6.07 Å². The molecule has 0 bridgehead atoms. The summed E-state index contributed by atoms with van der Waals surface area (Å²) in [6.45, 7) is 0.779.